The van der Waals surface area contributed by atoms with Gasteiger partial charge in [0.05, 0.1) is 22.2 Å². The summed E-state index contributed by atoms with van der Waals surface area (Å²) in [5.41, 5.74) is -1.86. The number of nitriles is 1. The Hall–Kier alpha value is -3.32. The lowest BCUT2D eigenvalue weighted by atomic mass is 10.2. The fourth-order valence-corrected chi connectivity index (χ4v) is 3.21. The number of amides is 1. The highest BCUT2D eigenvalue weighted by atomic mass is 32.2. The van der Waals surface area contributed by atoms with Crippen molar-refractivity contribution in [3.63, 3.8) is 0 Å². The van der Waals surface area contributed by atoms with Crippen molar-refractivity contribution < 1.29 is 27.7 Å². The van der Waals surface area contributed by atoms with E-state index in [9.17, 15) is 22.6 Å². The number of benzene rings is 2. The first-order chi connectivity index (χ1) is 13.2. The van der Waals surface area contributed by atoms with E-state index in [1.54, 1.807) is 0 Å². The summed E-state index contributed by atoms with van der Waals surface area (Å²) in [4.78, 5) is 23.1. The van der Waals surface area contributed by atoms with Crippen molar-refractivity contribution in [3.8, 4) is 6.07 Å². The highest BCUT2D eigenvalue weighted by Crippen LogP contribution is 2.34. The molecule has 28 heavy (non-hydrogen) atoms. The molecule has 1 aliphatic carbocycles. The molecule has 10 heteroatoms. The molecule has 2 aromatic carbocycles. The molecule has 0 aromatic heterocycles. The minimum atomic E-state index is -1.99. The van der Waals surface area contributed by atoms with E-state index in [1.165, 1.54) is 24.3 Å². The van der Waals surface area contributed by atoms with Crippen LogP contribution in [0.25, 0.3) is 0 Å². The number of aromatic carboxylic acids is 1. The minimum absolute atomic E-state index is 0.181. The molecule has 1 saturated carbocycles. The number of nitrogens with zero attached hydrogens (tertiary/aromatic N) is 1. The number of carbonyl (C=O) groups excluding carboxylic acids is 1. The Labute approximate surface area is 160 Å². The van der Waals surface area contributed by atoms with Crippen molar-refractivity contribution in [2.45, 2.75) is 23.3 Å². The van der Waals surface area contributed by atoms with Gasteiger partial charge in [-0.05, 0) is 43.2 Å². The Morgan fingerprint density at radius 1 is 1.14 bits per heavy atom. The lowest BCUT2D eigenvalue weighted by Gasteiger charge is -2.11. The van der Waals surface area contributed by atoms with Crippen LogP contribution in [0.2, 0.25) is 0 Å². The Balaban J connectivity index is 1.72. The molecule has 144 valence electrons. The van der Waals surface area contributed by atoms with E-state index in [2.05, 4.69) is 10.0 Å². The van der Waals surface area contributed by atoms with Crippen LogP contribution in [-0.4, -0.2) is 26.7 Å². The molecule has 3 N–H and O–H groups in total. The van der Waals surface area contributed by atoms with Gasteiger partial charge in [0, 0.05) is 11.6 Å². The molecular formula is C18H13F2N3O4S. The standard InChI is InChI=1S/C18H13F2N3O4S/c19-13-8-15(14(20)7-12(13)17(25)26)23-28(27)11-3-1-10(2-4-11)16(24)22-18(9-21)5-6-18/h1-4,7-8,23H,5-6H2,(H,22,24)(H,25,26). The molecular weight excluding hydrogens is 392 g/mol. The summed E-state index contributed by atoms with van der Waals surface area (Å²) in [5, 5.41) is 20.4. The molecule has 0 bridgehead atoms. The van der Waals surface area contributed by atoms with Gasteiger partial charge in [-0.25, -0.2) is 17.8 Å². The van der Waals surface area contributed by atoms with Gasteiger partial charge < -0.3 is 10.4 Å². The highest BCUT2D eigenvalue weighted by molar-refractivity contribution is 7.86. The van der Waals surface area contributed by atoms with Gasteiger partial charge in [0.25, 0.3) is 5.91 Å². The van der Waals surface area contributed by atoms with Crippen molar-refractivity contribution >= 4 is 28.5 Å². The van der Waals surface area contributed by atoms with E-state index in [0.717, 1.165) is 0 Å². The zero-order chi connectivity index (χ0) is 20.5. The largest absolute Gasteiger partial charge is 0.478 e. The summed E-state index contributed by atoms with van der Waals surface area (Å²) < 4.78 is 42.2. The molecule has 7 nitrogen and oxygen atoms in total. The normalized spacial score (nSPS) is 15.2. The van der Waals surface area contributed by atoms with E-state index < -0.39 is 51.3 Å². The summed E-state index contributed by atoms with van der Waals surface area (Å²) in [6.45, 7) is 0. The van der Waals surface area contributed by atoms with Crippen LogP contribution in [0.3, 0.4) is 0 Å². The number of halogens is 2. The van der Waals surface area contributed by atoms with Crippen LogP contribution in [0.4, 0.5) is 14.5 Å². The van der Waals surface area contributed by atoms with Gasteiger partial charge in [-0.1, -0.05) is 0 Å². The second-order valence-electron chi connectivity index (χ2n) is 6.16. The van der Waals surface area contributed by atoms with Gasteiger partial charge in [0.2, 0.25) is 0 Å². The third kappa shape index (κ3) is 3.99. The van der Waals surface area contributed by atoms with Crippen LogP contribution in [0.1, 0.15) is 33.6 Å². The van der Waals surface area contributed by atoms with Crippen molar-refractivity contribution in [2.75, 3.05) is 4.72 Å². The smallest absolute Gasteiger partial charge is 0.338 e. The van der Waals surface area contributed by atoms with Crippen LogP contribution in [0, 0.1) is 23.0 Å². The van der Waals surface area contributed by atoms with Gasteiger partial charge in [-0.2, -0.15) is 5.26 Å². The fourth-order valence-electron chi connectivity index (χ4n) is 2.36. The molecule has 0 radical (unpaired) electrons. The first-order valence-electron chi connectivity index (χ1n) is 7.99. The van der Waals surface area contributed by atoms with Gasteiger partial charge >= 0.3 is 5.97 Å². The first kappa shape index (κ1) is 19.4. The molecule has 1 atom stereocenters. The van der Waals surface area contributed by atoms with Crippen LogP contribution in [0.5, 0.6) is 0 Å². The number of nitrogens with one attached hydrogen (secondary N) is 2. The van der Waals surface area contributed by atoms with E-state index in [4.69, 9.17) is 10.4 Å². The number of carboxylic acid groups (broad SMARTS) is 1. The average molecular weight is 405 g/mol. The highest BCUT2D eigenvalue weighted by Gasteiger charge is 2.44. The third-order valence-corrected chi connectivity index (χ3v) is 5.24. The minimum Gasteiger partial charge on any atom is -0.478 e. The molecule has 0 saturated heterocycles. The Morgan fingerprint density at radius 2 is 1.79 bits per heavy atom. The lowest BCUT2D eigenvalue weighted by molar-refractivity contribution is 0.0691. The average Bonchev–Trinajstić information content (AvgIpc) is 3.44. The molecule has 3 rings (SSSR count). The summed E-state index contributed by atoms with van der Waals surface area (Å²) >= 11 is 0. The maximum atomic E-state index is 13.9. The number of carbonyl (C=O) groups is 2. The van der Waals surface area contributed by atoms with E-state index >= 15 is 0 Å². The maximum absolute atomic E-state index is 13.9. The number of hydrogen-bond donors (Lipinski definition) is 3. The van der Waals surface area contributed by atoms with E-state index in [-0.39, 0.29) is 10.5 Å². The second-order valence-corrected chi connectivity index (χ2v) is 7.37. The quantitative estimate of drug-likeness (QED) is 0.682. The SMILES string of the molecule is N#CC1(NC(=O)c2ccc(S(=O)Nc3cc(F)c(C(=O)O)cc3F)cc2)CC1. The van der Waals surface area contributed by atoms with Crippen LogP contribution in [0.15, 0.2) is 41.3 Å². The Bertz CT molecular complexity index is 1030. The molecule has 1 aliphatic rings. The van der Waals surface area contributed by atoms with Crippen LogP contribution in [-0.2, 0) is 11.0 Å². The summed E-state index contributed by atoms with van der Waals surface area (Å²) in [6.07, 6.45) is 1.17. The van der Waals surface area contributed by atoms with Crippen molar-refractivity contribution in [1.82, 2.24) is 5.32 Å². The predicted molar refractivity (Wildman–Crippen MR) is 94.8 cm³/mol. The number of anilines is 1. The molecule has 0 heterocycles. The number of hydrogen-bond acceptors (Lipinski definition) is 4. The topological polar surface area (TPSA) is 119 Å². The maximum Gasteiger partial charge on any atom is 0.338 e. The molecule has 1 fully saturated rings. The third-order valence-electron chi connectivity index (χ3n) is 4.14. The molecule has 0 aliphatic heterocycles. The summed E-state index contributed by atoms with van der Waals surface area (Å²) in [5.74, 6) is -4.31. The number of carboxylic acids is 1. The van der Waals surface area contributed by atoms with Gasteiger partial charge in [0.15, 0.2) is 0 Å². The van der Waals surface area contributed by atoms with Gasteiger partial charge in [-0.3, -0.25) is 9.52 Å². The van der Waals surface area contributed by atoms with E-state index in [0.29, 0.717) is 25.0 Å². The second kappa shape index (κ2) is 7.36. The lowest BCUT2D eigenvalue weighted by Crippen LogP contribution is -2.35. The molecule has 1 amide bonds. The molecule has 0 spiro atoms. The van der Waals surface area contributed by atoms with Gasteiger partial charge in [0.1, 0.15) is 28.2 Å². The Kier molecular flexibility index (Phi) is 5.11. The van der Waals surface area contributed by atoms with Crippen LogP contribution >= 0.6 is 0 Å². The van der Waals surface area contributed by atoms with Crippen molar-refractivity contribution in [1.29, 1.82) is 5.26 Å². The zero-order valence-corrected chi connectivity index (χ0v) is 15.0. The summed E-state index contributed by atoms with van der Waals surface area (Å²) in [6, 6.07) is 8.65. The van der Waals surface area contributed by atoms with Crippen molar-refractivity contribution in [3.05, 3.63) is 59.2 Å². The monoisotopic (exact) mass is 405 g/mol. The van der Waals surface area contributed by atoms with Gasteiger partial charge in [-0.15, -0.1) is 0 Å². The Morgan fingerprint density at radius 3 is 2.32 bits per heavy atom. The molecule has 2 aromatic rings. The predicted octanol–water partition coefficient (Wildman–Crippen LogP) is 2.58. The van der Waals surface area contributed by atoms with Crippen LogP contribution < -0.4 is 10.0 Å². The fraction of sp³-hybridized carbons (Fsp3) is 0.167. The summed E-state index contributed by atoms with van der Waals surface area (Å²) in [7, 11) is -1.99. The first-order valence-corrected chi connectivity index (χ1v) is 9.14. The number of rotatable bonds is 6. The van der Waals surface area contributed by atoms with E-state index in [1.807, 2.05) is 6.07 Å². The van der Waals surface area contributed by atoms with Crippen molar-refractivity contribution in [2.24, 2.45) is 0 Å². The molecule has 1 unspecified atom stereocenters. The zero-order valence-electron chi connectivity index (χ0n) is 14.2.